The fraction of sp³-hybridized carbons (Fsp3) is 0.115. The van der Waals surface area contributed by atoms with Crippen molar-refractivity contribution >= 4 is 11.8 Å². The van der Waals surface area contributed by atoms with Crippen molar-refractivity contribution in [2.75, 3.05) is 14.1 Å². The van der Waals surface area contributed by atoms with Crippen LogP contribution in [0.1, 0.15) is 45.7 Å². The summed E-state index contributed by atoms with van der Waals surface area (Å²) in [6.45, 7) is 4.97. The maximum atomic E-state index is 14.4. The highest BCUT2D eigenvalue weighted by atomic mass is 16.2. The van der Waals surface area contributed by atoms with Gasteiger partial charge >= 0.3 is 0 Å². The molecule has 0 spiro atoms. The highest BCUT2D eigenvalue weighted by Crippen LogP contribution is 2.33. The van der Waals surface area contributed by atoms with E-state index in [-0.39, 0.29) is 11.8 Å². The minimum atomic E-state index is -0.0855. The molecule has 0 atom stereocenters. The zero-order valence-electron chi connectivity index (χ0n) is 34.4. The molecule has 298 valence electrons. The fourth-order valence-corrected chi connectivity index (χ4v) is 6.66. The molecule has 8 rings (SSSR count). The first kappa shape index (κ1) is 42.0. The lowest BCUT2D eigenvalue weighted by Crippen LogP contribution is -2.31. The first-order valence-corrected chi connectivity index (χ1v) is 20.0. The van der Waals surface area contributed by atoms with E-state index in [1.165, 1.54) is 0 Å². The van der Waals surface area contributed by atoms with Gasteiger partial charge in [0.2, 0.25) is 0 Å². The molecular formula is C52H48N6O2. The summed E-state index contributed by atoms with van der Waals surface area (Å²) in [5.41, 5.74) is 9.65. The Labute approximate surface area is 352 Å². The van der Waals surface area contributed by atoms with Crippen LogP contribution in [-0.2, 0) is 13.1 Å². The third-order valence-corrected chi connectivity index (χ3v) is 9.52. The Kier molecular flexibility index (Phi) is 14.9. The molecule has 0 unspecified atom stereocenters. The van der Waals surface area contributed by atoms with Crippen LogP contribution in [-0.4, -0.2) is 56.1 Å². The predicted octanol–water partition coefficient (Wildman–Crippen LogP) is 11.2. The van der Waals surface area contributed by atoms with Crippen LogP contribution in [0, 0.1) is 0 Å². The zero-order valence-corrected chi connectivity index (χ0v) is 34.4. The van der Waals surface area contributed by atoms with Crippen LogP contribution in [0.2, 0.25) is 0 Å². The molecule has 0 N–H and O–H groups in total. The monoisotopic (exact) mass is 788 g/mol. The zero-order chi connectivity index (χ0) is 42.1. The summed E-state index contributed by atoms with van der Waals surface area (Å²) in [5.74, 6) is -0.164. The molecule has 0 saturated carbocycles. The topological polar surface area (TPSA) is 92.2 Å². The second-order valence-electron chi connectivity index (χ2n) is 13.8. The molecule has 0 radical (unpaired) electrons. The van der Waals surface area contributed by atoms with Crippen LogP contribution in [0.25, 0.3) is 44.8 Å². The average Bonchev–Trinajstić information content (AvgIpc) is 3.33. The van der Waals surface area contributed by atoms with E-state index in [0.717, 1.165) is 44.5 Å². The van der Waals surface area contributed by atoms with Crippen molar-refractivity contribution in [1.29, 1.82) is 0 Å². The van der Waals surface area contributed by atoms with Crippen LogP contribution in [0.15, 0.2) is 194 Å². The van der Waals surface area contributed by atoms with Gasteiger partial charge in [0, 0.05) is 49.4 Å². The number of amides is 2. The standard InChI is InChI=1S/C31H25N3O.C19H17N3O.C2H6/c35-31(34(22-24-13-5-1-6-14-24)23-25-15-7-2-8-16-25)29-28(26-17-9-3-10-18-26)21-32-33-30(29)27-19-11-4-12-20-27;1-22(2)19(23)17-16(14-9-5-3-6-10-14)13-20-21-18(17)15-11-7-4-8-12-15;1-2/h1-21H,22-23H2;3-13H,1-2H3;1-2H3. The van der Waals surface area contributed by atoms with E-state index >= 15 is 0 Å². The molecule has 8 nitrogen and oxygen atoms in total. The Bertz CT molecular complexity index is 2400. The van der Waals surface area contributed by atoms with Gasteiger partial charge < -0.3 is 9.80 Å². The van der Waals surface area contributed by atoms with Gasteiger partial charge in [-0.25, -0.2) is 0 Å². The molecule has 60 heavy (non-hydrogen) atoms. The van der Waals surface area contributed by atoms with Gasteiger partial charge in [-0.2, -0.15) is 10.2 Å². The summed E-state index contributed by atoms with van der Waals surface area (Å²) in [6, 6.07) is 59.3. The van der Waals surface area contributed by atoms with Gasteiger partial charge in [-0.1, -0.05) is 196 Å². The summed E-state index contributed by atoms with van der Waals surface area (Å²) in [5, 5.41) is 17.1. The highest BCUT2D eigenvalue weighted by molar-refractivity contribution is 6.06. The number of aromatic nitrogens is 4. The van der Waals surface area contributed by atoms with Crippen molar-refractivity contribution in [3.8, 4) is 44.8 Å². The molecule has 6 aromatic carbocycles. The third-order valence-electron chi connectivity index (χ3n) is 9.52. The van der Waals surface area contributed by atoms with E-state index in [4.69, 9.17) is 0 Å². The molecule has 0 saturated heterocycles. The minimum absolute atomic E-state index is 0.0784. The van der Waals surface area contributed by atoms with Crippen LogP contribution >= 0.6 is 0 Å². The van der Waals surface area contributed by atoms with Crippen molar-refractivity contribution in [2.24, 2.45) is 0 Å². The molecule has 0 fully saturated rings. The molecular weight excluding hydrogens is 741 g/mol. The second-order valence-corrected chi connectivity index (χ2v) is 13.8. The van der Waals surface area contributed by atoms with Gasteiger partial charge in [-0.05, 0) is 22.3 Å². The van der Waals surface area contributed by atoms with Crippen LogP contribution < -0.4 is 0 Å². The largest absolute Gasteiger partial charge is 0.345 e. The maximum absolute atomic E-state index is 14.4. The minimum Gasteiger partial charge on any atom is -0.345 e. The normalized spacial score (nSPS) is 10.3. The number of hydrogen-bond acceptors (Lipinski definition) is 6. The van der Waals surface area contributed by atoms with Gasteiger partial charge in [0.05, 0.1) is 23.5 Å². The molecule has 0 aliphatic carbocycles. The molecule has 0 aliphatic rings. The lowest BCUT2D eigenvalue weighted by molar-refractivity contribution is 0.0730. The molecule has 2 aromatic heterocycles. The van der Waals surface area contributed by atoms with E-state index in [1.54, 1.807) is 31.4 Å². The number of rotatable bonds is 10. The van der Waals surface area contributed by atoms with Gasteiger partial charge in [0.25, 0.3) is 11.8 Å². The van der Waals surface area contributed by atoms with Gasteiger partial charge in [-0.15, -0.1) is 10.2 Å². The lowest BCUT2D eigenvalue weighted by Gasteiger charge is -2.25. The first-order valence-electron chi connectivity index (χ1n) is 20.0. The Balaban J connectivity index is 0.000000209. The molecule has 8 aromatic rings. The van der Waals surface area contributed by atoms with Crippen LogP contribution in [0.5, 0.6) is 0 Å². The van der Waals surface area contributed by atoms with E-state index in [1.807, 2.05) is 201 Å². The van der Waals surface area contributed by atoms with Crippen molar-refractivity contribution < 1.29 is 9.59 Å². The lowest BCUT2D eigenvalue weighted by atomic mass is 9.96. The van der Waals surface area contributed by atoms with Gasteiger partial charge in [-0.3, -0.25) is 9.59 Å². The summed E-state index contributed by atoms with van der Waals surface area (Å²) in [6.07, 6.45) is 3.34. The second kappa shape index (κ2) is 21.3. The van der Waals surface area contributed by atoms with E-state index in [9.17, 15) is 9.59 Å². The van der Waals surface area contributed by atoms with E-state index in [0.29, 0.717) is 35.6 Å². The van der Waals surface area contributed by atoms with Crippen molar-refractivity contribution in [3.05, 3.63) is 217 Å². The van der Waals surface area contributed by atoms with Crippen molar-refractivity contribution in [1.82, 2.24) is 30.2 Å². The third kappa shape index (κ3) is 10.5. The summed E-state index contributed by atoms with van der Waals surface area (Å²) in [7, 11) is 3.48. The van der Waals surface area contributed by atoms with Crippen LogP contribution in [0.4, 0.5) is 0 Å². The molecule has 2 amide bonds. The van der Waals surface area contributed by atoms with Gasteiger partial charge in [0.15, 0.2) is 0 Å². The smallest absolute Gasteiger partial charge is 0.257 e. The fourth-order valence-electron chi connectivity index (χ4n) is 6.66. The average molecular weight is 789 g/mol. The maximum Gasteiger partial charge on any atom is 0.257 e. The van der Waals surface area contributed by atoms with E-state index < -0.39 is 0 Å². The molecule has 0 aliphatic heterocycles. The van der Waals surface area contributed by atoms with Crippen molar-refractivity contribution in [2.45, 2.75) is 26.9 Å². The summed E-state index contributed by atoms with van der Waals surface area (Å²) >= 11 is 0. The number of hydrogen-bond donors (Lipinski definition) is 0. The Hall–Kier alpha value is -7.58. The predicted molar refractivity (Wildman–Crippen MR) is 242 cm³/mol. The van der Waals surface area contributed by atoms with Crippen LogP contribution in [0.3, 0.4) is 0 Å². The molecule has 0 bridgehead atoms. The molecule has 8 heteroatoms. The number of carbonyl (C=O) groups is 2. The SMILES string of the molecule is CC.CN(C)C(=O)c1c(-c2ccccc2)cnnc1-c1ccccc1.O=C(c1c(-c2ccccc2)cnnc1-c1ccccc1)N(Cc1ccccc1)Cc1ccccc1. The summed E-state index contributed by atoms with van der Waals surface area (Å²) < 4.78 is 0. The number of nitrogens with zero attached hydrogens (tertiary/aromatic N) is 6. The Morgan fingerprint density at radius 3 is 1.05 bits per heavy atom. The highest BCUT2D eigenvalue weighted by Gasteiger charge is 2.26. The van der Waals surface area contributed by atoms with Gasteiger partial charge in [0.1, 0.15) is 11.4 Å². The number of carbonyl (C=O) groups excluding carboxylic acids is 2. The Morgan fingerprint density at radius 1 is 0.417 bits per heavy atom. The van der Waals surface area contributed by atoms with Crippen molar-refractivity contribution in [3.63, 3.8) is 0 Å². The molecule has 2 heterocycles. The quantitative estimate of drug-likeness (QED) is 0.137. The summed E-state index contributed by atoms with van der Waals surface area (Å²) in [4.78, 5) is 30.6. The first-order chi connectivity index (χ1) is 29.5. The van der Waals surface area contributed by atoms with E-state index in [2.05, 4.69) is 20.4 Å². The number of benzene rings is 6. The Morgan fingerprint density at radius 2 is 0.717 bits per heavy atom.